The van der Waals surface area contributed by atoms with Gasteiger partial charge in [-0.3, -0.25) is 4.68 Å². The van der Waals surface area contributed by atoms with Gasteiger partial charge in [-0.25, -0.2) is 17.6 Å². The summed E-state index contributed by atoms with van der Waals surface area (Å²) in [5.41, 5.74) is 0.643. The van der Waals surface area contributed by atoms with E-state index in [9.17, 15) is 17.6 Å². The van der Waals surface area contributed by atoms with Crippen LogP contribution in [0.25, 0.3) is 0 Å². The third kappa shape index (κ3) is 3.01. The summed E-state index contributed by atoms with van der Waals surface area (Å²) in [6, 6.07) is 0.180. The molecular weight excluding hydrogens is 286 g/mol. The van der Waals surface area contributed by atoms with E-state index in [-0.39, 0.29) is 18.5 Å². The first-order valence-corrected chi connectivity index (χ1v) is 6.40. The lowest BCUT2D eigenvalue weighted by Gasteiger charge is -2.11. The van der Waals surface area contributed by atoms with Gasteiger partial charge in [0.25, 0.3) is 0 Å². The standard InChI is InChI=1S/C14H15F4N3/c1-7(2)13-8(6-21(3)20-13)5-19-14-11(17)9(15)4-10(16)12(14)18/h4,6-7,19H,5H2,1-3H3. The van der Waals surface area contributed by atoms with E-state index in [1.165, 1.54) is 0 Å². The Labute approximate surface area is 119 Å². The maximum absolute atomic E-state index is 13.5. The lowest BCUT2D eigenvalue weighted by molar-refractivity contribution is 0.458. The van der Waals surface area contributed by atoms with Crippen LogP contribution in [0.2, 0.25) is 0 Å². The zero-order valence-electron chi connectivity index (χ0n) is 11.8. The molecular formula is C14H15F4N3. The molecule has 114 valence electrons. The second-order valence-corrected chi connectivity index (χ2v) is 5.06. The van der Waals surface area contributed by atoms with Gasteiger partial charge in [-0.15, -0.1) is 0 Å². The van der Waals surface area contributed by atoms with Gasteiger partial charge in [0.15, 0.2) is 23.3 Å². The number of rotatable bonds is 4. The molecule has 7 heteroatoms. The number of aryl methyl sites for hydroxylation is 1. The Morgan fingerprint density at radius 3 is 2.24 bits per heavy atom. The lowest BCUT2D eigenvalue weighted by atomic mass is 10.1. The van der Waals surface area contributed by atoms with E-state index in [1.54, 1.807) is 17.9 Å². The largest absolute Gasteiger partial charge is 0.376 e. The molecule has 0 atom stereocenters. The van der Waals surface area contributed by atoms with Crippen molar-refractivity contribution in [1.82, 2.24) is 9.78 Å². The molecule has 0 radical (unpaired) electrons. The van der Waals surface area contributed by atoms with Gasteiger partial charge in [0.2, 0.25) is 0 Å². The molecule has 0 aliphatic heterocycles. The Hall–Kier alpha value is -2.05. The molecule has 2 rings (SSSR count). The van der Waals surface area contributed by atoms with Crippen LogP contribution in [0.1, 0.15) is 31.0 Å². The van der Waals surface area contributed by atoms with Crippen molar-refractivity contribution in [2.45, 2.75) is 26.3 Å². The van der Waals surface area contributed by atoms with Gasteiger partial charge in [0, 0.05) is 31.4 Å². The summed E-state index contributed by atoms with van der Waals surface area (Å²) in [7, 11) is 1.72. The summed E-state index contributed by atoms with van der Waals surface area (Å²) in [5.74, 6) is -5.65. The smallest absolute Gasteiger partial charge is 0.185 e. The SMILES string of the molecule is CC(C)c1nn(C)cc1CNc1c(F)c(F)cc(F)c1F. The highest BCUT2D eigenvalue weighted by atomic mass is 19.2. The molecule has 0 amide bonds. The predicted octanol–water partition coefficient (Wildman–Crippen LogP) is 3.71. The van der Waals surface area contributed by atoms with Crippen molar-refractivity contribution < 1.29 is 17.6 Å². The van der Waals surface area contributed by atoms with E-state index in [2.05, 4.69) is 10.4 Å². The summed E-state index contributed by atoms with van der Waals surface area (Å²) in [6.07, 6.45) is 1.69. The molecule has 1 aromatic heterocycles. The predicted molar refractivity (Wildman–Crippen MR) is 70.9 cm³/mol. The first-order chi connectivity index (χ1) is 9.81. The van der Waals surface area contributed by atoms with E-state index >= 15 is 0 Å². The first kappa shape index (κ1) is 15.3. The fourth-order valence-corrected chi connectivity index (χ4v) is 2.09. The average Bonchev–Trinajstić information content (AvgIpc) is 2.78. The number of aromatic nitrogens is 2. The highest BCUT2D eigenvalue weighted by Gasteiger charge is 2.20. The Balaban J connectivity index is 2.29. The molecule has 0 bridgehead atoms. The van der Waals surface area contributed by atoms with Crippen molar-refractivity contribution in [1.29, 1.82) is 0 Å². The fraction of sp³-hybridized carbons (Fsp3) is 0.357. The summed E-state index contributed by atoms with van der Waals surface area (Å²) < 4.78 is 54.9. The number of halogens is 4. The molecule has 1 heterocycles. The Morgan fingerprint density at radius 1 is 1.14 bits per heavy atom. The summed E-state index contributed by atoms with van der Waals surface area (Å²) in [4.78, 5) is 0. The molecule has 0 fully saturated rings. The van der Waals surface area contributed by atoms with Gasteiger partial charge in [-0.1, -0.05) is 13.8 Å². The van der Waals surface area contributed by atoms with E-state index in [1.807, 2.05) is 13.8 Å². The Kier molecular flexibility index (Phi) is 4.20. The minimum atomic E-state index is -1.44. The third-order valence-corrected chi connectivity index (χ3v) is 3.05. The van der Waals surface area contributed by atoms with Gasteiger partial charge in [-0.2, -0.15) is 5.10 Å². The minimum absolute atomic E-state index is 0.0120. The Bertz CT molecular complexity index is 638. The van der Waals surface area contributed by atoms with Crippen LogP contribution in [0, 0.1) is 23.3 Å². The number of nitrogens with one attached hydrogen (secondary N) is 1. The van der Waals surface area contributed by atoms with Crippen LogP contribution in [0.15, 0.2) is 12.3 Å². The molecule has 2 aromatic rings. The fourth-order valence-electron chi connectivity index (χ4n) is 2.09. The van der Waals surface area contributed by atoms with Gasteiger partial charge in [0.1, 0.15) is 5.69 Å². The summed E-state index contributed by atoms with van der Waals surface area (Å²) in [5, 5.41) is 6.65. The van der Waals surface area contributed by atoms with Gasteiger partial charge < -0.3 is 5.32 Å². The van der Waals surface area contributed by atoms with E-state index in [0.717, 1.165) is 5.69 Å². The van der Waals surface area contributed by atoms with Crippen LogP contribution < -0.4 is 5.32 Å². The van der Waals surface area contributed by atoms with Crippen LogP contribution in [0.4, 0.5) is 23.2 Å². The molecule has 1 aromatic carbocycles. The zero-order chi connectivity index (χ0) is 15.7. The monoisotopic (exact) mass is 301 g/mol. The van der Waals surface area contributed by atoms with Gasteiger partial charge in [0.05, 0.1) is 5.69 Å². The summed E-state index contributed by atoms with van der Waals surface area (Å²) >= 11 is 0. The lowest BCUT2D eigenvalue weighted by Crippen LogP contribution is -2.08. The topological polar surface area (TPSA) is 29.9 Å². The van der Waals surface area contributed by atoms with Crippen LogP contribution >= 0.6 is 0 Å². The average molecular weight is 301 g/mol. The molecule has 0 saturated heterocycles. The van der Waals surface area contributed by atoms with Crippen molar-refractivity contribution in [2.24, 2.45) is 7.05 Å². The number of hydrogen-bond donors (Lipinski definition) is 1. The number of anilines is 1. The van der Waals surface area contributed by atoms with Crippen molar-refractivity contribution >= 4 is 5.69 Å². The highest BCUT2D eigenvalue weighted by Crippen LogP contribution is 2.25. The van der Waals surface area contributed by atoms with Crippen LogP contribution in [0.5, 0.6) is 0 Å². The molecule has 0 aliphatic carbocycles. The molecule has 3 nitrogen and oxygen atoms in total. The molecule has 0 unspecified atom stereocenters. The van der Waals surface area contributed by atoms with E-state index in [0.29, 0.717) is 5.56 Å². The first-order valence-electron chi connectivity index (χ1n) is 6.40. The molecule has 0 saturated carbocycles. The molecule has 1 N–H and O–H groups in total. The second-order valence-electron chi connectivity index (χ2n) is 5.06. The molecule has 21 heavy (non-hydrogen) atoms. The highest BCUT2D eigenvalue weighted by molar-refractivity contribution is 5.48. The molecule has 0 aliphatic rings. The van der Waals surface area contributed by atoms with Crippen LogP contribution in [-0.4, -0.2) is 9.78 Å². The molecule has 0 spiro atoms. The van der Waals surface area contributed by atoms with Crippen molar-refractivity contribution in [3.8, 4) is 0 Å². The zero-order valence-corrected chi connectivity index (χ0v) is 11.8. The number of hydrogen-bond acceptors (Lipinski definition) is 2. The Morgan fingerprint density at radius 2 is 1.71 bits per heavy atom. The quantitative estimate of drug-likeness (QED) is 0.689. The summed E-state index contributed by atoms with van der Waals surface area (Å²) in [6.45, 7) is 3.86. The van der Waals surface area contributed by atoms with Crippen LogP contribution in [0.3, 0.4) is 0 Å². The van der Waals surface area contributed by atoms with E-state index < -0.39 is 29.0 Å². The van der Waals surface area contributed by atoms with E-state index in [4.69, 9.17) is 0 Å². The maximum Gasteiger partial charge on any atom is 0.185 e. The maximum atomic E-state index is 13.5. The number of nitrogens with zero attached hydrogens (tertiary/aromatic N) is 2. The van der Waals surface area contributed by atoms with Crippen molar-refractivity contribution in [2.75, 3.05) is 5.32 Å². The van der Waals surface area contributed by atoms with Gasteiger partial charge in [-0.05, 0) is 5.92 Å². The van der Waals surface area contributed by atoms with Crippen molar-refractivity contribution in [3.63, 3.8) is 0 Å². The normalized spacial score (nSPS) is 11.2. The van der Waals surface area contributed by atoms with Gasteiger partial charge >= 0.3 is 0 Å². The van der Waals surface area contributed by atoms with Crippen molar-refractivity contribution in [3.05, 3.63) is 46.8 Å². The third-order valence-electron chi connectivity index (χ3n) is 3.05. The minimum Gasteiger partial charge on any atom is -0.376 e. The van der Waals surface area contributed by atoms with Crippen LogP contribution in [-0.2, 0) is 13.6 Å². The number of benzene rings is 1. The second kappa shape index (κ2) is 5.75.